The van der Waals surface area contributed by atoms with Crippen LogP contribution in [0.15, 0.2) is 4.99 Å². The molecule has 1 atom stereocenters. The number of nitrogens with zero attached hydrogens (tertiary/aromatic N) is 1. The Morgan fingerprint density at radius 2 is 2.00 bits per heavy atom. The molecule has 0 spiro atoms. The minimum atomic E-state index is -0.944. The van der Waals surface area contributed by atoms with Crippen molar-refractivity contribution in [2.75, 3.05) is 0 Å². The van der Waals surface area contributed by atoms with E-state index in [0.717, 1.165) is 0 Å². The van der Waals surface area contributed by atoms with Gasteiger partial charge in [0.2, 0.25) is 0 Å². The third-order valence-electron chi connectivity index (χ3n) is 1.41. The highest BCUT2D eigenvalue weighted by Crippen LogP contribution is 2.15. The maximum Gasteiger partial charge on any atom is 0.154 e. The lowest BCUT2D eigenvalue weighted by molar-refractivity contribution is 0.0237. The summed E-state index contributed by atoms with van der Waals surface area (Å²) in [4.78, 5) is 3.53. The fraction of sp³-hybridized carbons (Fsp3) is 0.833. The minimum Gasteiger partial charge on any atom is -0.369 e. The lowest BCUT2D eigenvalue weighted by Gasteiger charge is -2.21. The van der Waals surface area contributed by atoms with E-state index in [9.17, 15) is 5.11 Å². The van der Waals surface area contributed by atoms with Gasteiger partial charge < -0.3 is 5.11 Å². The van der Waals surface area contributed by atoms with Crippen LogP contribution in [0.3, 0.4) is 0 Å². The average molecular weight is 115 g/mol. The predicted molar refractivity (Wildman–Crippen MR) is 35.0 cm³/mol. The molecular formula is C6H13NO. The van der Waals surface area contributed by atoms with Gasteiger partial charge in [-0.1, -0.05) is 13.8 Å². The van der Waals surface area contributed by atoms with Crippen molar-refractivity contribution in [3.05, 3.63) is 0 Å². The van der Waals surface area contributed by atoms with Gasteiger partial charge in [-0.15, -0.1) is 0 Å². The van der Waals surface area contributed by atoms with E-state index in [4.69, 9.17) is 0 Å². The normalized spacial score (nSPS) is 18.1. The zero-order chi connectivity index (χ0) is 6.78. The van der Waals surface area contributed by atoms with E-state index in [-0.39, 0.29) is 5.92 Å². The molecule has 0 radical (unpaired) electrons. The first-order valence-corrected chi connectivity index (χ1v) is 2.71. The second-order valence-electron chi connectivity index (χ2n) is 2.41. The third-order valence-corrected chi connectivity index (χ3v) is 1.41. The van der Waals surface area contributed by atoms with Gasteiger partial charge in [-0.2, -0.15) is 0 Å². The van der Waals surface area contributed by atoms with Crippen molar-refractivity contribution in [1.82, 2.24) is 0 Å². The van der Waals surface area contributed by atoms with Gasteiger partial charge in [0.25, 0.3) is 0 Å². The fourth-order valence-electron chi connectivity index (χ4n) is 0.183. The summed E-state index contributed by atoms with van der Waals surface area (Å²) >= 11 is 0. The Balaban J connectivity index is 3.90. The van der Waals surface area contributed by atoms with Crippen molar-refractivity contribution in [3.8, 4) is 0 Å². The molecule has 48 valence electrons. The number of rotatable bonds is 2. The van der Waals surface area contributed by atoms with Crippen molar-refractivity contribution >= 4 is 6.72 Å². The molecule has 0 fully saturated rings. The van der Waals surface area contributed by atoms with Gasteiger partial charge in [0.05, 0.1) is 0 Å². The van der Waals surface area contributed by atoms with E-state index < -0.39 is 5.72 Å². The van der Waals surface area contributed by atoms with Crippen molar-refractivity contribution in [2.24, 2.45) is 10.9 Å². The molecule has 8 heavy (non-hydrogen) atoms. The van der Waals surface area contributed by atoms with E-state index >= 15 is 0 Å². The molecule has 0 heterocycles. The number of aliphatic hydroxyl groups is 1. The summed E-state index contributed by atoms with van der Waals surface area (Å²) in [5, 5.41) is 9.17. The molecule has 0 aromatic rings. The topological polar surface area (TPSA) is 32.6 Å². The van der Waals surface area contributed by atoms with Crippen LogP contribution in [0.1, 0.15) is 20.8 Å². The summed E-state index contributed by atoms with van der Waals surface area (Å²) in [6.45, 7) is 8.69. The van der Waals surface area contributed by atoms with E-state index in [1.165, 1.54) is 0 Å². The van der Waals surface area contributed by atoms with Crippen LogP contribution in [0, 0.1) is 5.92 Å². The van der Waals surface area contributed by atoms with Crippen LogP contribution >= 0.6 is 0 Å². The minimum absolute atomic E-state index is 0.139. The first-order chi connectivity index (χ1) is 3.50. The molecule has 0 saturated carbocycles. The fourth-order valence-corrected chi connectivity index (χ4v) is 0.183. The van der Waals surface area contributed by atoms with E-state index in [2.05, 4.69) is 11.7 Å². The Morgan fingerprint density at radius 3 is 2.00 bits per heavy atom. The Morgan fingerprint density at radius 1 is 1.62 bits per heavy atom. The summed E-state index contributed by atoms with van der Waals surface area (Å²) in [6, 6.07) is 0. The maximum atomic E-state index is 9.17. The highest BCUT2D eigenvalue weighted by Gasteiger charge is 2.20. The molecule has 0 aromatic heterocycles. The molecule has 0 amide bonds. The van der Waals surface area contributed by atoms with Crippen LogP contribution in [-0.4, -0.2) is 17.5 Å². The van der Waals surface area contributed by atoms with Gasteiger partial charge in [-0.25, -0.2) is 0 Å². The predicted octanol–water partition coefficient (Wildman–Crippen LogP) is 1.05. The molecule has 0 aliphatic heterocycles. The van der Waals surface area contributed by atoms with Gasteiger partial charge in [-0.3, -0.25) is 4.99 Å². The maximum absolute atomic E-state index is 9.17. The van der Waals surface area contributed by atoms with Crippen LogP contribution in [0.2, 0.25) is 0 Å². The van der Waals surface area contributed by atoms with E-state index in [1.54, 1.807) is 6.92 Å². The molecule has 2 heteroatoms. The van der Waals surface area contributed by atoms with Gasteiger partial charge in [0.15, 0.2) is 5.72 Å². The summed E-state index contributed by atoms with van der Waals surface area (Å²) < 4.78 is 0. The number of hydrogen-bond acceptors (Lipinski definition) is 2. The monoisotopic (exact) mass is 115 g/mol. The highest BCUT2D eigenvalue weighted by molar-refractivity contribution is 5.24. The summed E-state index contributed by atoms with van der Waals surface area (Å²) in [6.07, 6.45) is 0. The third kappa shape index (κ3) is 1.62. The standard InChI is InChI=1S/C6H13NO/c1-5(2)6(3,8)7-4/h5,8H,4H2,1-3H3. The van der Waals surface area contributed by atoms with Crippen molar-refractivity contribution in [3.63, 3.8) is 0 Å². The average Bonchev–Trinajstić information content (AvgIpc) is 1.67. The van der Waals surface area contributed by atoms with Gasteiger partial charge >= 0.3 is 0 Å². The summed E-state index contributed by atoms with van der Waals surface area (Å²) in [5.74, 6) is 0.139. The van der Waals surface area contributed by atoms with Crippen LogP contribution in [0.5, 0.6) is 0 Å². The van der Waals surface area contributed by atoms with Crippen LogP contribution in [-0.2, 0) is 0 Å². The summed E-state index contributed by atoms with van der Waals surface area (Å²) in [7, 11) is 0. The smallest absolute Gasteiger partial charge is 0.154 e. The Kier molecular flexibility index (Phi) is 2.16. The Hall–Kier alpha value is -0.370. The SMILES string of the molecule is C=NC(C)(O)C(C)C. The largest absolute Gasteiger partial charge is 0.369 e. The summed E-state index contributed by atoms with van der Waals surface area (Å²) in [5.41, 5.74) is -0.944. The first-order valence-electron chi connectivity index (χ1n) is 2.71. The van der Waals surface area contributed by atoms with E-state index in [1.807, 2.05) is 13.8 Å². The second kappa shape index (κ2) is 2.27. The molecule has 0 aliphatic rings. The lowest BCUT2D eigenvalue weighted by Crippen LogP contribution is -2.27. The van der Waals surface area contributed by atoms with E-state index in [0.29, 0.717) is 0 Å². The quantitative estimate of drug-likeness (QED) is 0.536. The molecular weight excluding hydrogens is 102 g/mol. The zero-order valence-corrected chi connectivity index (χ0v) is 5.68. The molecule has 1 unspecified atom stereocenters. The molecule has 1 N–H and O–H groups in total. The lowest BCUT2D eigenvalue weighted by atomic mass is 10.0. The highest BCUT2D eigenvalue weighted by atomic mass is 16.3. The Bertz CT molecular complexity index is 86.5. The molecule has 0 bridgehead atoms. The number of hydrogen-bond donors (Lipinski definition) is 1. The molecule has 2 nitrogen and oxygen atoms in total. The molecule has 0 aliphatic carbocycles. The Labute approximate surface area is 50.3 Å². The second-order valence-corrected chi connectivity index (χ2v) is 2.41. The van der Waals surface area contributed by atoms with Crippen LogP contribution < -0.4 is 0 Å². The number of aliphatic imine (C=N–C) groups is 1. The van der Waals surface area contributed by atoms with Crippen LogP contribution in [0.25, 0.3) is 0 Å². The van der Waals surface area contributed by atoms with Gasteiger partial charge in [0.1, 0.15) is 0 Å². The van der Waals surface area contributed by atoms with Gasteiger partial charge in [-0.05, 0) is 13.6 Å². The molecule has 0 aromatic carbocycles. The zero-order valence-electron chi connectivity index (χ0n) is 5.68. The van der Waals surface area contributed by atoms with Gasteiger partial charge in [0, 0.05) is 5.92 Å². The first kappa shape index (κ1) is 7.63. The molecule has 0 rings (SSSR count). The molecule has 0 saturated heterocycles. The van der Waals surface area contributed by atoms with Crippen molar-refractivity contribution in [2.45, 2.75) is 26.5 Å². The van der Waals surface area contributed by atoms with Crippen molar-refractivity contribution < 1.29 is 5.11 Å². The van der Waals surface area contributed by atoms with Crippen LogP contribution in [0.4, 0.5) is 0 Å². The van der Waals surface area contributed by atoms with Crippen molar-refractivity contribution in [1.29, 1.82) is 0 Å².